The smallest absolute Gasteiger partial charge is 0.335 e. The maximum Gasteiger partial charge on any atom is 0.335 e. The SMILES string of the molecule is CN(CC=Cc1ccc(C(=O)O)cc1)Cc1cccc2ccccc12. The van der Waals surface area contributed by atoms with E-state index in [1.54, 1.807) is 12.1 Å². The third kappa shape index (κ3) is 4.34. The molecule has 0 bridgehead atoms. The second-order valence-corrected chi connectivity index (χ2v) is 6.16. The first-order valence-corrected chi connectivity index (χ1v) is 8.28. The number of likely N-dealkylation sites (N-methyl/N-ethyl adjacent to an activating group) is 1. The van der Waals surface area contributed by atoms with Crippen molar-refractivity contribution in [3.63, 3.8) is 0 Å². The van der Waals surface area contributed by atoms with Gasteiger partial charge >= 0.3 is 5.97 Å². The van der Waals surface area contributed by atoms with Crippen molar-refractivity contribution in [2.24, 2.45) is 0 Å². The summed E-state index contributed by atoms with van der Waals surface area (Å²) < 4.78 is 0. The fourth-order valence-corrected chi connectivity index (χ4v) is 2.89. The highest BCUT2D eigenvalue weighted by Crippen LogP contribution is 2.19. The second-order valence-electron chi connectivity index (χ2n) is 6.16. The Hall–Kier alpha value is -2.91. The molecule has 3 heteroatoms. The number of carbonyl (C=O) groups is 1. The van der Waals surface area contributed by atoms with Crippen molar-refractivity contribution in [3.8, 4) is 0 Å². The van der Waals surface area contributed by atoms with Crippen molar-refractivity contribution in [2.75, 3.05) is 13.6 Å². The largest absolute Gasteiger partial charge is 0.478 e. The molecule has 0 amide bonds. The minimum atomic E-state index is -0.898. The van der Waals surface area contributed by atoms with Crippen molar-refractivity contribution in [1.29, 1.82) is 0 Å². The minimum absolute atomic E-state index is 0.310. The molecule has 0 aromatic heterocycles. The summed E-state index contributed by atoms with van der Waals surface area (Å²) in [4.78, 5) is 13.1. The van der Waals surface area contributed by atoms with Gasteiger partial charge in [0.05, 0.1) is 5.56 Å². The lowest BCUT2D eigenvalue weighted by Gasteiger charge is -2.16. The number of carboxylic acid groups (broad SMARTS) is 1. The van der Waals surface area contributed by atoms with Crippen molar-refractivity contribution < 1.29 is 9.90 Å². The van der Waals surface area contributed by atoms with Crippen molar-refractivity contribution >= 4 is 22.8 Å². The van der Waals surface area contributed by atoms with E-state index in [9.17, 15) is 4.79 Å². The van der Waals surface area contributed by atoms with Gasteiger partial charge in [-0.1, -0.05) is 66.7 Å². The summed E-state index contributed by atoms with van der Waals surface area (Å²) >= 11 is 0. The zero-order valence-electron chi connectivity index (χ0n) is 14.2. The third-order valence-electron chi connectivity index (χ3n) is 4.21. The first kappa shape index (κ1) is 16.9. The van der Waals surface area contributed by atoms with Crippen LogP contribution in [0.15, 0.2) is 72.8 Å². The molecule has 0 aliphatic heterocycles. The molecule has 25 heavy (non-hydrogen) atoms. The van der Waals surface area contributed by atoms with Crippen molar-refractivity contribution in [3.05, 3.63) is 89.5 Å². The van der Waals surface area contributed by atoms with Crippen LogP contribution >= 0.6 is 0 Å². The first-order chi connectivity index (χ1) is 12.1. The molecule has 0 saturated heterocycles. The maximum atomic E-state index is 10.9. The van der Waals surface area contributed by atoms with Crippen LogP contribution in [0.1, 0.15) is 21.5 Å². The Morgan fingerprint density at radius 2 is 1.72 bits per heavy atom. The van der Waals surface area contributed by atoms with Crippen LogP contribution in [0, 0.1) is 0 Å². The summed E-state index contributed by atoms with van der Waals surface area (Å²) in [5.74, 6) is -0.898. The number of aromatic carboxylic acids is 1. The summed E-state index contributed by atoms with van der Waals surface area (Å²) in [6.07, 6.45) is 4.12. The average Bonchev–Trinajstić information content (AvgIpc) is 2.62. The molecule has 0 unspecified atom stereocenters. The molecule has 0 saturated carbocycles. The van der Waals surface area contributed by atoms with E-state index in [-0.39, 0.29) is 0 Å². The first-order valence-electron chi connectivity index (χ1n) is 8.28. The van der Waals surface area contributed by atoms with Crippen LogP contribution < -0.4 is 0 Å². The Morgan fingerprint density at radius 1 is 1.00 bits per heavy atom. The summed E-state index contributed by atoms with van der Waals surface area (Å²) in [5, 5.41) is 11.5. The molecular weight excluding hydrogens is 310 g/mol. The van der Waals surface area contributed by atoms with Gasteiger partial charge in [0.1, 0.15) is 0 Å². The van der Waals surface area contributed by atoms with Gasteiger partial charge in [0.2, 0.25) is 0 Å². The van der Waals surface area contributed by atoms with Gasteiger partial charge in [0.25, 0.3) is 0 Å². The molecular formula is C22H21NO2. The van der Waals surface area contributed by atoms with Crippen LogP contribution in [0.4, 0.5) is 0 Å². The molecule has 0 fully saturated rings. The van der Waals surface area contributed by atoms with Crippen molar-refractivity contribution in [1.82, 2.24) is 4.90 Å². The molecule has 0 aliphatic carbocycles. The lowest BCUT2D eigenvalue weighted by Crippen LogP contribution is -2.17. The van der Waals surface area contributed by atoms with Crippen LogP contribution in [-0.2, 0) is 6.54 Å². The van der Waals surface area contributed by atoms with Gasteiger partial charge in [0.15, 0.2) is 0 Å². The Kier molecular flexibility index (Phi) is 5.26. The topological polar surface area (TPSA) is 40.5 Å². The average molecular weight is 331 g/mol. The predicted octanol–water partition coefficient (Wildman–Crippen LogP) is 4.68. The Labute approximate surface area is 147 Å². The fraction of sp³-hybridized carbons (Fsp3) is 0.136. The predicted molar refractivity (Wildman–Crippen MR) is 103 cm³/mol. The second kappa shape index (κ2) is 7.77. The molecule has 3 aromatic rings. The highest BCUT2D eigenvalue weighted by molar-refractivity contribution is 5.87. The van der Waals surface area contributed by atoms with Gasteiger partial charge in [-0.25, -0.2) is 4.79 Å². The van der Waals surface area contributed by atoms with E-state index in [1.807, 2.05) is 18.2 Å². The number of nitrogens with zero attached hydrogens (tertiary/aromatic N) is 1. The quantitative estimate of drug-likeness (QED) is 0.713. The monoisotopic (exact) mass is 331 g/mol. The number of benzene rings is 3. The number of carboxylic acids is 1. The van der Waals surface area contributed by atoms with Crippen LogP contribution in [0.3, 0.4) is 0 Å². The Bertz CT molecular complexity index is 892. The van der Waals surface area contributed by atoms with E-state index < -0.39 is 5.97 Å². The van der Waals surface area contributed by atoms with Crippen LogP contribution in [0.2, 0.25) is 0 Å². The molecule has 3 rings (SSSR count). The van der Waals surface area contributed by atoms with E-state index in [4.69, 9.17) is 5.11 Å². The van der Waals surface area contributed by atoms with Gasteiger partial charge < -0.3 is 5.11 Å². The molecule has 0 spiro atoms. The highest BCUT2D eigenvalue weighted by Gasteiger charge is 2.03. The number of hydrogen-bond donors (Lipinski definition) is 1. The molecule has 0 radical (unpaired) electrons. The Balaban J connectivity index is 1.62. The molecule has 3 aromatic carbocycles. The third-order valence-corrected chi connectivity index (χ3v) is 4.21. The molecule has 126 valence electrons. The summed E-state index contributed by atoms with van der Waals surface area (Å²) in [6.45, 7) is 1.70. The molecule has 0 atom stereocenters. The highest BCUT2D eigenvalue weighted by atomic mass is 16.4. The van der Waals surface area contributed by atoms with Gasteiger partial charge in [0, 0.05) is 13.1 Å². The zero-order valence-corrected chi connectivity index (χ0v) is 14.2. The lowest BCUT2D eigenvalue weighted by atomic mass is 10.0. The summed E-state index contributed by atoms with van der Waals surface area (Å²) in [6, 6.07) is 21.8. The van der Waals surface area contributed by atoms with Crippen LogP contribution in [0.5, 0.6) is 0 Å². The zero-order chi connectivity index (χ0) is 17.6. The van der Waals surface area contributed by atoms with Gasteiger partial charge in [-0.3, -0.25) is 4.90 Å². The van der Waals surface area contributed by atoms with E-state index in [2.05, 4.69) is 60.5 Å². The van der Waals surface area contributed by atoms with Crippen molar-refractivity contribution in [2.45, 2.75) is 6.54 Å². The summed E-state index contributed by atoms with van der Waals surface area (Å²) in [7, 11) is 2.10. The van der Waals surface area contributed by atoms with E-state index >= 15 is 0 Å². The molecule has 0 aliphatic rings. The number of fused-ring (bicyclic) bond motifs is 1. The molecule has 0 heterocycles. The van der Waals surface area contributed by atoms with E-state index in [1.165, 1.54) is 16.3 Å². The van der Waals surface area contributed by atoms with Gasteiger partial charge in [-0.15, -0.1) is 0 Å². The fourth-order valence-electron chi connectivity index (χ4n) is 2.89. The van der Waals surface area contributed by atoms with Gasteiger partial charge in [-0.05, 0) is 41.1 Å². The number of rotatable bonds is 6. The van der Waals surface area contributed by atoms with E-state index in [0.717, 1.165) is 18.7 Å². The summed E-state index contributed by atoms with van der Waals surface area (Å²) in [5.41, 5.74) is 2.63. The molecule has 1 N–H and O–H groups in total. The minimum Gasteiger partial charge on any atom is -0.478 e. The standard InChI is InChI=1S/C22H21NO2/c1-23(15-5-6-17-11-13-19(14-12-17)22(24)25)16-20-9-4-8-18-7-2-3-10-21(18)20/h2-14H,15-16H2,1H3,(H,24,25). The normalized spacial score (nSPS) is 11.4. The Morgan fingerprint density at radius 3 is 2.48 bits per heavy atom. The number of hydrogen-bond acceptors (Lipinski definition) is 2. The van der Waals surface area contributed by atoms with Crippen LogP contribution in [0.25, 0.3) is 16.8 Å². The van der Waals surface area contributed by atoms with E-state index in [0.29, 0.717) is 5.56 Å². The maximum absolute atomic E-state index is 10.9. The molecule has 3 nitrogen and oxygen atoms in total. The van der Waals surface area contributed by atoms with Crippen LogP contribution in [-0.4, -0.2) is 29.6 Å². The lowest BCUT2D eigenvalue weighted by molar-refractivity contribution is 0.0697. The van der Waals surface area contributed by atoms with Gasteiger partial charge in [-0.2, -0.15) is 0 Å².